The summed E-state index contributed by atoms with van der Waals surface area (Å²) in [5, 5.41) is 10.8. The Kier molecular flexibility index (Phi) is 4.24. The first-order valence-electron chi connectivity index (χ1n) is 4.76. The number of nitrogens with one attached hydrogen (secondary N) is 1. The number of hydrogen-bond donors (Lipinski definition) is 2. The number of carboxylic acid groups (broad SMARTS) is 1. The maximum Gasteiger partial charge on any atom is 0.404 e. The summed E-state index contributed by atoms with van der Waals surface area (Å²) in [6.45, 7) is 3.94. The minimum absolute atomic E-state index is 0.0538. The first kappa shape index (κ1) is 12.6. The summed E-state index contributed by atoms with van der Waals surface area (Å²) < 4.78 is 11.3. The highest BCUT2D eigenvalue weighted by Crippen LogP contribution is 2.29. The summed E-state index contributed by atoms with van der Waals surface area (Å²) >= 11 is 1.66. The molecule has 88 valence electrons. The normalized spacial score (nSPS) is 29.0. The van der Waals surface area contributed by atoms with E-state index in [4.69, 9.17) is 14.6 Å². The molecule has 0 aliphatic carbocycles. The molecule has 0 bridgehead atoms. The molecule has 0 spiro atoms. The van der Waals surface area contributed by atoms with Crippen molar-refractivity contribution in [2.24, 2.45) is 0 Å². The molecule has 2 atom stereocenters. The van der Waals surface area contributed by atoms with Crippen LogP contribution in [0.15, 0.2) is 0 Å². The van der Waals surface area contributed by atoms with Crippen LogP contribution in [0.25, 0.3) is 0 Å². The van der Waals surface area contributed by atoms with Crippen molar-refractivity contribution in [3.8, 4) is 0 Å². The minimum atomic E-state index is -1.04. The van der Waals surface area contributed by atoms with Gasteiger partial charge >= 0.3 is 6.09 Å². The van der Waals surface area contributed by atoms with Crippen LogP contribution in [0, 0.1) is 0 Å². The number of amides is 1. The van der Waals surface area contributed by atoms with E-state index in [1.807, 2.05) is 20.1 Å². The van der Waals surface area contributed by atoms with Crippen molar-refractivity contribution >= 4 is 17.9 Å². The van der Waals surface area contributed by atoms with E-state index in [2.05, 4.69) is 5.32 Å². The molecular formula is C9H17NO4S. The summed E-state index contributed by atoms with van der Waals surface area (Å²) in [6, 6.07) is 0. The summed E-state index contributed by atoms with van der Waals surface area (Å²) in [6.07, 6.45) is 0.688. The molecule has 1 rings (SSSR count). The van der Waals surface area contributed by atoms with Gasteiger partial charge < -0.3 is 19.9 Å². The number of thioether (sulfide) groups is 1. The maximum atomic E-state index is 10.4. The van der Waals surface area contributed by atoms with Crippen molar-refractivity contribution < 1.29 is 19.4 Å². The zero-order chi connectivity index (χ0) is 11.5. The molecular weight excluding hydrogens is 218 g/mol. The summed E-state index contributed by atoms with van der Waals surface area (Å²) in [4.78, 5) is 10.4. The second kappa shape index (κ2) is 5.05. The predicted molar refractivity (Wildman–Crippen MR) is 58.2 cm³/mol. The van der Waals surface area contributed by atoms with Crippen LogP contribution >= 0.6 is 11.8 Å². The smallest absolute Gasteiger partial charge is 0.404 e. The highest BCUT2D eigenvalue weighted by molar-refractivity contribution is 7.98. The van der Waals surface area contributed by atoms with Gasteiger partial charge in [0.05, 0.1) is 6.10 Å². The van der Waals surface area contributed by atoms with Gasteiger partial charge in [-0.3, -0.25) is 0 Å². The van der Waals surface area contributed by atoms with Crippen LogP contribution in [-0.2, 0) is 9.47 Å². The summed E-state index contributed by atoms with van der Waals surface area (Å²) in [5.41, 5.74) is 0. The van der Waals surface area contributed by atoms with Crippen molar-refractivity contribution in [3.63, 3.8) is 0 Å². The molecule has 5 nitrogen and oxygen atoms in total. The largest absolute Gasteiger partial charge is 0.465 e. The van der Waals surface area contributed by atoms with Crippen molar-refractivity contribution in [1.82, 2.24) is 5.32 Å². The third kappa shape index (κ3) is 3.89. The number of ether oxygens (including phenoxy) is 2. The molecule has 1 aliphatic rings. The SMILES string of the molecule is CSC[C@@H]1OC(C)(C)O[C@H]1CNC(=O)O. The minimum Gasteiger partial charge on any atom is -0.465 e. The fourth-order valence-corrected chi connectivity index (χ4v) is 2.19. The Morgan fingerprint density at radius 2 is 2.07 bits per heavy atom. The zero-order valence-corrected chi connectivity index (χ0v) is 9.97. The van der Waals surface area contributed by atoms with Gasteiger partial charge in [0.25, 0.3) is 0 Å². The number of hydrogen-bond acceptors (Lipinski definition) is 4. The molecule has 6 heteroatoms. The maximum absolute atomic E-state index is 10.4. The second-order valence-electron chi connectivity index (χ2n) is 3.85. The van der Waals surface area contributed by atoms with Crippen LogP contribution in [0.3, 0.4) is 0 Å². The Labute approximate surface area is 93.5 Å². The van der Waals surface area contributed by atoms with Gasteiger partial charge in [-0.2, -0.15) is 11.8 Å². The molecule has 1 saturated heterocycles. The molecule has 1 aliphatic heterocycles. The average Bonchev–Trinajstić information content (AvgIpc) is 2.38. The summed E-state index contributed by atoms with van der Waals surface area (Å²) in [7, 11) is 0. The molecule has 0 saturated carbocycles. The standard InChI is InChI=1S/C9H17NO4S/c1-9(2)13-6(4-10-8(11)12)7(14-9)5-15-3/h6-7,10H,4-5H2,1-3H3,(H,11,12)/t6-,7-/m0/s1. The Morgan fingerprint density at radius 1 is 1.47 bits per heavy atom. The Morgan fingerprint density at radius 3 is 2.60 bits per heavy atom. The third-order valence-electron chi connectivity index (χ3n) is 2.07. The second-order valence-corrected chi connectivity index (χ2v) is 4.76. The lowest BCUT2D eigenvalue weighted by Gasteiger charge is -2.16. The van der Waals surface area contributed by atoms with Gasteiger partial charge in [-0.05, 0) is 20.1 Å². The van der Waals surface area contributed by atoms with Crippen LogP contribution in [0.5, 0.6) is 0 Å². The number of carbonyl (C=O) groups is 1. The molecule has 0 unspecified atom stereocenters. The molecule has 0 aromatic carbocycles. The van der Waals surface area contributed by atoms with Gasteiger partial charge in [0.1, 0.15) is 6.10 Å². The third-order valence-corrected chi connectivity index (χ3v) is 2.73. The Bertz CT molecular complexity index is 234. The van der Waals surface area contributed by atoms with Crippen LogP contribution < -0.4 is 5.32 Å². The fourth-order valence-electron chi connectivity index (χ4n) is 1.58. The molecule has 15 heavy (non-hydrogen) atoms. The first-order valence-corrected chi connectivity index (χ1v) is 6.15. The van der Waals surface area contributed by atoms with Crippen LogP contribution in [0.4, 0.5) is 4.79 Å². The van der Waals surface area contributed by atoms with E-state index in [1.54, 1.807) is 11.8 Å². The lowest BCUT2D eigenvalue weighted by Crippen LogP contribution is -2.37. The van der Waals surface area contributed by atoms with E-state index in [0.717, 1.165) is 5.75 Å². The first-order chi connectivity index (χ1) is 6.94. The van der Waals surface area contributed by atoms with E-state index in [-0.39, 0.29) is 18.8 Å². The highest BCUT2D eigenvalue weighted by Gasteiger charge is 2.40. The predicted octanol–water partition coefficient (Wildman–Crippen LogP) is 1.14. The molecule has 1 fully saturated rings. The van der Waals surface area contributed by atoms with Crippen molar-refractivity contribution in [2.45, 2.75) is 31.8 Å². The highest BCUT2D eigenvalue weighted by atomic mass is 32.2. The number of rotatable bonds is 4. The molecule has 0 aromatic heterocycles. The molecule has 1 heterocycles. The van der Waals surface area contributed by atoms with E-state index >= 15 is 0 Å². The Hall–Kier alpha value is -0.460. The lowest BCUT2D eigenvalue weighted by molar-refractivity contribution is -0.144. The van der Waals surface area contributed by atoms with Crippen LogP contribution in [0.1, 0.15) is 13.8 Å². The average molecular weight is 235 g/mol. The Balaban J connectivity index is 2.49. The molecule has 2 N–H and O–H groups in total. The fraction of sp³-hybridized carbons (Fsp3) is 0.889. The van der Waals surface area contributed by atoms with Gasteiger partial charge in [-0.15, -0.1) is 0 Å². The van der Waals surface area contributed by atoms with Crippen molar-refractivity contribution in [1.29, 1.82) is 0 Å². The van der Waals surface area contributed by atoms with Crippen LogP contribution in [0.2, 0.25) is 0 Å². The van der Waals surface area contributed by atoms with E-state index in [1.165, 1.54) is 0 Å². The molecule has 0 radical (unpaired) electrons. The lowest BCUT2D eigenvalue weighted by atomic mass is 10.2. The van der Waals surface area contributed by atoms with Gasteiger partial charge in [0, 0.05) is 12.3 Å². The van der Waals surface area contributed by atoms with Gasteiger partial charge in [-0.25, -0.2) is 4.79 Å². The van der Waals surface area contributed by atoms with Gasteiger partial charge in [-0.1, -0.05) is 0 Å². The van der Waals surface area contributed by atoms with Gasteiger partial charge in [0.15, 0.2) is 5.79 Å². The zero-order valence-electron chi connectivity index (χ0n) is 9.15. The van der Waals surface area contributed by atoms with E-state index in [9.17, 15) is 4.79 Å². The monoisotopic (exact) mass is 235 g/mol. The van der Waals surface area contributed by atoms with E-state index in [0.29, 0.717) is 0 Å². The van der Waals surface area contributed by atoms with Gasteiger partial charge in [0.2, 0.25) is 0 Å². The van der Waals surface area contributed by atoms with E-state index < -0.39 is 11.9 Å². The van der Waals surface area contributed by atoms with Crippen LogP contribution in [-0.4, -0.2) is 47.7 Å². The summed E-state index contributed by atoms with van der Waals surface area (Å²) in [5.74, 6) is 0.181. The molecule has 1 amide bonds. The quantitative estimate of drug-likeness (QED) is 0.764. The van der Waals surface area contributed by atoms with Crippen molar-refractivity contribution in [2.75, 3.05) is 18.6 Å². The van der Waals surface area contributed by atoms with Crippen molar-refractivity contribution in [3.05, 3.63) is 0 Å². The molecule has 0 aromatic rings. The topological polar surface area (TPSA) is 67.8 Å².